The Morgan fingerprint density at radius 1 is 1.10 bits per heavy atom. The van der Waals surface area contributed by atoms with Gasteiger partial charge in [0.15, 0.2) is 0 Å². The molecule has 1 rings (SSSR count). The molecule has 0 aliphatic rings. The number of hydrogen-bond donors (Lipinski definition) is 1. The molecule has 7 nitrogen and oxygen atoms in total. The van der Waals surface area contributed by atoms with Crippen LogP contribution in [0.25, 0.3) is 5.57 Å². The van der Waals surface area contributed by atoms with E-state index in [-0.39, 0.29) is 11.6 Å². The van der Waals surface area contributed by atoms with E-state index in [2.05, 4.69) is 4.29 Å². The Balaban J connectivity index is 3.35. The zero-order valence-electron chi connectivity index (χ0n) is 12.4. The van der Waals surface area contributed by atoms with Crippen LogP contribution in [0.5, 0.6) is 5.75 Å². The maximum atomic E-state index is 10.9. The smallest absolute Gasteiger partial charge is 0.362 e. The van der Waals surface area contributed by atoms with Gasteiger partial charge in [0, 0.05) is 20.6 Å². The number of hydrogen-bond acceptors (Lipinski definition) is 7. The molecule has 118 valence electrons. The molecule has 1 N–H and O–H groups in total. The van der Waals surface area contributed by atoms with Crippen LogP contribution in [0, 0.1) is 10.2 Å². The van der Waals surface area contributed by atoms with Gasteiger partial charge in [-0.3, -0.25) is 0 Å². The summed E-state index contributed by atoms with van der Waals surface area (Å²) in [4.78, 5) is 3.22. The summed E-state index contributed by atoms with van der Waals surface area (Å²) in [5, 5.41) is 9.34. The van der Waals surface area contributed by atoms with Crippen LogP contribution in [0.3, 0.4) is 0 Å². The SMILES string of the molecule is CN(C)CC(=C(O[Cl+3]([O-])([O-])[O-])N(C)C)c1ccc(O)cc1. The number of nitrogens with zero attached hydrogens (tertiary/aromatic N) is 2. The fourth-order valence-electron chi connectivity index (χ4n) is 1.74. The quantitative estimate of drug-likeness (QED) is 0.611. The Kier molecular flexibility index (Phi) is 5.82. The molecule has 0 bridgehead atoms. The minimum atomic E-state index is -4.60. The van der Waals surface area contributed by atoms with E-state index in [1.54, 1.807) is 40.3 Å². The molecular weight excluding hydrogens is 300 g/mol. The molecule has 1 aromatic carbocycles. The van der Waals surface area contributed by atoms with Gasteiger partial charge in [-0.15, -0.1) is 0 Å². The zero-order chi connectivity index (χ0) is 16.2. The van der Waals surface area contributed by atoms with Gasteiger partial charge in [0.25, 0.3) is 0 Å². The van der Waals surface area contributed by atoms with Gasteiger partial charge < -0.3 is 14.9 Å². The van der Waals surface area contributed by atoms with Crippen molar-refractivity contribution in [1.82, 2.24) is 9.80 Å². The third kappa shape index (κ3) is 5.78. The van der Waals surface area contributed by atoms with Gasteiger partial charge in [-0.05, 0) is 36.1 Å². The van der Waals surface area contributed by atoms with E-state index in [1.165, 1.54) is 17.0 Å². The largest absolute Gasteiger partial charge is 0.508 e. The van der Waals surface area contributed by atoms with E-state index >= 15 is 0 Å². The van der Waals surface area contributed by atoms with Crippen molar-refractivity contribution in [3.8, 4) is 5.75 Å². The zero-order valence-corrected chi connectivity index (χ0v) is 13.1. The fraction of sp³-hybridized carbons (Fsp3) is 0.385. The fourth-order valence-corrected chi connectivity index (χ4v) is 2.15. The van der Waals surface area contributed by atoms with E-state index < -0.39 is 10.2 Å². The maximum absolute atomic E-state index is 10.9. The summed E-state index contributed by atoms with van der Waals surface area (Å²) in [7, 11) is 2.16. The van der Waals surface area contributed by atoms with E-state index in [1.807, 2.05) is 4.90 Å². The third-order valence-electron chi connectivity index (χ3n) is 2.52. The summed E-state index contributed by atoms with van der Waals surface area (Å²) in [5.74, 6) is 0.0240. The van der Waals surface area contributed by atoms with Gasteiger partial charge >= 0.3 is 5.88 Å². The lowest BCUT2D eigenvalue weighted by Gasteiger charge is -2.22. The molecule has 21 heavy (non-hydrogen) atoms. The van der Waals surface area contributed by atoms with E-state index in [4.69, 9.17) is 0 Å². The standard InChI is InChI=1S/C13H19ClN2O5/c1-15(2)9-12(10-5-7-11(17)8-6-10)13(16(3)4)21-14(18,19)20/h5-8,17H,9H2,1-4H3. The summed E-state index contributed by atoms with van der Waals surface area (Å²) in [6, 6.07) is 6.19. The summed E-state index contributed by atoms with van der Waals surface area (Å²) in [6.45, 7) is 0.351. The van der Waals surface area contributed by atoms with E-state index in [9.17, 15) is 19.1 Å². The average molecular weight is 319 g/mol. The predicted octanol–water partition coefficient (Wildman–Crippen LogP) is -1.90. The molecule has 0 fully saturated rings. The van der Waals surface area contributed by atoms with Crippen LogP contribution >= 0.6 is 0 Å². The lowest BCUT2D eigenvalue weighted by molar-refractivity contribution is -1.92. The van der Waals surface area contributed by atoms with Gasteiger partial charge in [0.1, 0.15) is 16.0 Å². The molecule has 0 atom stereocenters. The van der Waals surface area contributed by atoms with Gasteiger partial charge in [-0.2, -0.15) is 14.0 Å². The monoisotopic (exact) mass is 318 g/mol. The predicted molar refractivity (Wildman–Crippen MR) is 68.4 cm³/mol. The highest BCUT2D eigenvalue weighted by molar-refractivity contribution is 5.68. The lowest BCUT2D eigenvalue weighted by atomic mass is 10.1. The molecule has 0 saturated heterocycles. The normalized spacial score (nSPS) is 13.1. The van der Waals surface area contributed by atoms with Gasteiger partial charge in [0.2, 0.25) is 0 Å². The molecule has 0 aliphatic carbocycles. The Morgan fingerprint density at radius 3 is 2.00 bits per heavy atom. The first-order valence-electron chi connectivity index (χ1n) is 6.05. The van der Waals surface area contributed by atoms with Crippen molar-refractivity contribution in [3.63, 3.8) is 0 Å². The van der Waals surface area contributed by atoms with Crippen molar-refractivity contribution in [1.29, 1.82) is 0 Å². The molecule has 0 aliphatic heterocycles. The van der Waals surface area contributed by atoms with Crippen molar-refractivity contribution in [2.24, 2.45) is 0 Å². The number of benzene rings is 1. The molecule has 1 aromatic rings. The number of aromatic hydroxyl groups is 1. The Hall–Kier alpha value is -1.51. The minimum Gasteiger partial charge on any atom is -0.508 e. The highest BCUT2D eigenvalue weighted by Crippen LogP contribution is 2.25. The average Bonchev–Trinajstić information content (AvgIpc) is 2.33. The van der Waals surface area contributed by atoms with Crippen molar-refractivity contribution >= 4 is 5.57 Å². The van der Waals surface area contributed by atoms with Crippen LogP contribution in [0.1, 0.15) is 5.56 Å². The Bertz CT molecular complexity index is 494. The van der Waals surface area contributed by atoms with Crippen molar-refractivity contribution in [2.45, 2.75) is 0 Å². The number of halogens is 1. The maximum Gasteiger partial charge on any atom is 0.362 e. The molecule has 0 spiro atoms. The van der Waals surface area contributed by atoms with Gasteiger partial charge in [0.05, 0.1) is 5.57 Å². The van der Waals surface area contributed by atoms with Gasteiger partial charge in [-0.25, -0.2) is 0 Å². The third-order valence-corrected chi connectivity index (χ3v) is 2.86. The molecular formula is C13H19ClN2O5. The molecule has 0 amide bonds. The topological polar surface area (TPSA) is 105 Å². The number of phenols is 1. The molecule has 0 radical (unpaired) electrons. The second-order valence-corrected chi connectivity index (χ2v) is 5.83. The molecule has 0 unspecified atom stereocenters. The van der Waals surface area contributed by atoms with Crippen LogP contribution in [-0.2, 0) is 4.29 Å². The first-order chi connectivity index (χ1) is 9.60. The van der Waals surface area contributed by atoms with Gasteiger partial charge in [-0.1, -0.05) is 12.1 Å². The van der Waals surface area contributed by atoms with Crippen LogP contribution in [0.4, 0.5) is 0 Å². The lowest BCUT2D eigenvalue weighted by Crippen LogP contribution is -2.61. The first kappa shape index (κ1) is 17.5. The van der Waals surface area contributed by atoms with Crippen LogP contribution in [0.15, 0.2) is 30.1 Å². The molecule has 0 heterocycles. The first-order valence-corrected chi connectivity index (χ1v) is 7.28. The van der Waals surface area contributed by atoms with Crippen molar-refractivity contribution in [2.75, 3.05) is 34.7 Å². The Morgan fingerprint density at radius 2 is 1.62 bits per heavy atom. The van der Waals surface area contributed by atoms with E-state index in [0.29, 0.717) is 17.7 Å². The van der Waals surface area contributed by atoms with E-state index in [0.717, 1.165) is 0 Å². The number of rotatable bonds is 6. The van der Waals surface area contributed by atoms with Crippen LogP contribution in [-0.4, -0.2) is 49.6 Å². The summed E-state index contributed by atoms with van der Waals surface area (Å²) in [5.41, 5.74) is 1.15. The molecule has 0 saturated carbocycles. The second-order valence-electron chi connectivity index (χ2n) is 4.92. The Labute approximate surface area is 126 Å². The highest BCUT2D eigenvalue weighted by Gasteiger charge is 2.28. The van der Waals surface area contributed by atoms with Crippen molar-refractivity contribution in [3.05, 3.63) is 35.7 Å². The van der Waals surface area contributed by atoms with Crippen LogP contribution < -0.4 is 14.0 Å². The summed E-state index contributed by atoms with van der Waals surface area (Å²) in [6.07, 6.45) is 0. The summed E-state index contributed by atoms with van der Waals surface area (Å²) < 4.78 is 37.3. The number of phenolic OH excluding ortho intramolecular Hbond substituents is 1. The summed E-state index contributed by atoms with van der Waals surface area (Å²) >= 11 is 0. The minimum absolute atomic E-state index is 0.0638. The molecule has 0 aromatic heterocycles. The number of likely N-dealkylation sites (N-methyl/N-ethyl adjacent to an activating group) is 1. The molecule has 8 heteroatoms. The van der Waals surface area contributed by atoms with Crippen LogP contribution in [0.2, 0.25) is 0 Å². The second kappa shape index (κ2) is 6.97. The van der Waals surface area contributed by atoms with Crippen molar-refractivity contribution < 1.29 is 33.6 Å². The highest BCUT2D eigenvalue weighted by atomic mass is 35.7.